The summed E-state index contributed by atoms with van der Waals surface area (Å²) in [5.74, 6) is -0.974. The molecule has 1 atom stereocenters. The standard InChI is InChI=1S/C17H23N5OS.C2HF3O2/c1-12-15(24-11-19-12)9-22-7-8-23-10-14(22)17-18-6-5-16(21-17)20-13-3-2-4-13;3-2(4,5)1(6)7/h5-6,11,13-14H,2-4,7-10H2,1H3,(H,18,20,21);(H,6,7). The van der Waals surface area contributed by atoms with Gasteiger partial charge >= 0.3 is 12.1 Å². The van der Waals surface area contributed by atoms with E-state index in [0.29, 0.717) is 12.6 Å². The normalized spacial score (nSPS) is 19.8. The van der Waals surface area contributed by atoms with E-state index in [1.807, 2.05) is 17.8 Å². The number of hydrogen-bond donors (Lipinski definition) is 2. The molecule has 3 heterocycles. The fraction of sp³-hybridized carbons (Fsp3) is 0.579. The minimum atomic E-state index is -5.08. The molecule has 0 spiro atoms. The van der Waals surface area contributed by atoms with Crippen LogP contribution in [0.15, 0.2) is 17.8 Å². The molecule has 2 N–H and O–H groups in total. The van der Waals surface area contributed by atoms with E-state index in [9.17, 15) is 13.2 Å². The minimum Gasteiger partial charge on any atom is -0.475 e. The molecule has 31 heavy (non-hydrogen) atoms. The number of alkyl halides is 3. The van der Waals surface area contributed by atoms with E-state index in [-0.39, 0.29) is 6.04 Å². The summed E-state index contributed by atoms with van der Waals surface area (Å²) >= 11 is 1.72. The van der Waals surface area contributed by atoms with E-state index in [4.69, 9.17) is 19.6 Å². The summed E-state index contributed by atoms with van der Waals surface area (Å²) in [7, 11) is 0. The van der Waals surface area contributed by atoms with Crippen LogP contribution in [0.4, 0.5) is 19.0 Å². The number of nitrogens with one attached hydrogen (secondary N) is 1. The van der Waals surface area contributed by atoms with Gasteiger partial charge in [0.25, 0.3) is 0 Å². The lowest BCUT2D eigenvalue weighted by molar-refractivity contribution is -0.192. The Morgan fingerprint density at radius 1 is 1.39 bits per heavy atom. The van der Waals surface area contributed by atoms with E-state index >= 15 is 0 Å². The number of carboxylic acid groups (broad SMARTS) is 1. The summed E-state index contributed by atoms with van der Waals surface area (Å²) in [6.07, 6.45) is 0.563. The predicted molar refractivity (Wildman–Crippen MR) is 108 cm³/mol. The van der Waals surface area contributed by atoms with Gasteiger partial charge in [-0.3, -0.25) is 4.90 Å². The van der Waals surface area contributed by atoms with Gasteiger partial charge in [-0.05, 0) is 32.3 Å². The second kappa shape index (κ2) is 10.3. The molecular formula is C19H24F3N5O3S. The minimum absolute atomic E-state index is 0.100. The number of ether oxygens (including phenoxy) is 1. The molecule has 170 valence electrons. The van der Waals surface area contributed by atoms with Crippen molar-refractivity contribution in [2.75, 3.05) is 25.1 Å². The van der Waals surface area contributed by atoms with E-state index in [0.717, 1.165) is 37.0 Å². The van der Waals surface area contributed by atoms with Gasteiger partial charge in [-0.15, -0.1) is 11.3 Å². The summed E-state index contributed by atoms with van der Waals surface area (Å²) in [5, 5.41) is 10.6. The zero-order valence-corrected chi connectivity index (χ0v) is 17.7. The molecule has 0 radical (unpaired) electrons. The van der Waals surface area contributed by atoms with Crippen molar-refractivity contribution in [3.63, 3.8) is 0 Å². The number of morpholine rings is 1. The zero-order chi connectivity index (χ0) is 22.4. The summed E-state index contributed by atoms with van der Waals surface area (Å²) < 4.78 is 37.5. The summed E-state index contributed by atoms with van der Waals surface area (Å²) in [6.45, 7) is 5.25. The molecule has 4 rings (SSSR count). The first-order valence-corrected chi connectivity index (χ1v) is 10.7. The van der Waals surface area contributed by atoms with Crippen molar-refractivity contribution in [2.45, 2.75) is 51.0 Å². The van der Waals surface area contributed by atoms with E-state index in [1.165, 1.54) is 24.1 Å². The lowest BCUT2D eigenvalue weighted by atomic mass is 9.93. The Morgan fingerprint density at radius 2 is 2.13 bits per heavy atom. The molecule has 2 aliphatic rings. The Bertz CT molecular complexity index is 875. The van der Waals surface area contributed by atoms with Gasteiger partial charge in [0.15, 0.2) is 0 Å². The number of carbonyl (C=O) groups is 1. The van der Waals surface area contributed by atoms with Crippen LogP contribution in [-0.2, 0) is 16.1 Å². The van der Waals surface area contributed by atoms with Gasteiger partial charge in [0.1, 0.15) is 11.6 Å². The summed E-state index contributed by atoms with van der Waals surface area (Å²) in [5.41, 5.74) is 3.03. The molecule has 12 heteroatoms. The Labute approximate surface area is 181 Å². The van der Waals surface area contributed by atoms with Crippen LogP contribution in [0.2, 0.25) is 0 Å². The largest absolute Gasteiger partial charge is 0.490 e. The second-order valence-electron chi connectivity index (χ2n) is 7.30. The van der Waals surface area contributed by atoms with Crippen LogP contribution in [0.5, 0.6) is 0 Å². The number of hydrogen-bond acceptors (Lipinski definition) is 8. The number of aliphatic carboxylic acids is 1. The van der Waals surface area contributed by atoms with Crippen LogP contribution in [0, 0.1) is 6.92 Å². The highest BCUT2D eigenvalue weighted by molar-refractivity contribution is 7.09. The van der Waals surface area contributed by atoms with Crippen molar-refractivity contribution in [1.82, 2.24) is 19.9 Å². The fourth-order valence-corrected chi connectivity index (χ4v) is 3.91. The molecule has 2 aromatic heterocycles. The first-order valence-electron chi connectivity index (χ1n) is 9.84. The Hall–Kier alpha value is -2.31. The van der Waals surface area contributed by atoms with Crippen LogP contribution in [-0.4, -0.2) is 62.9 Å². The SMILES string of the molecule is Cc1ncsc1CN1CCOCC1c1nccc(NC2CCC2)n1.O=C(O)C(F)(F)F. The number of nitrogens with zero attached hydrogens (tertiary/aromatic N) is 4. The van der Waals surface area contributed by atoms with Crippen LogP contribution in [0.25, 0.3) is 0 Å². The van der Waals surface area contributed by atoms with Gasteiger partial charge in [-0.2, -0.15) is 13.2 Å². The fourth-order valence-electron chi connectivity index (χ4n) is 3.10. The number of halogens is 3. The molecule has 1 aliphatic carbocycles. The topological polar surface area (TPSA) is 100 Å². The van der Waals surface area contributed by atoms with Crippen molar-refractivity contribution in [3.05, 3.63) is 34.2 Å². The Morgan fingerprint density at radius 3 is 2.71 bits per heavy atom. The molecule has 0 aromatic carbocycles. The van der Waals surface area contributed by atoms with E-state index < -0.39 is 12.1 Å². The maximum atomic E-state index is 10.6. The van der Waals surface area contributed by atoms with Crippen molar-refractivity contribution in [2.24, 2.45) is 0 Å². The summed E-state index contributed by atoms with van der Waals surface area (Å²) in [4.78, 5) is 26.3. The second-order valence-corrected chi connectivity index (χ2v) is 8.24. The molecule has 1 saturated heterocycles. The first kappa shape index (κ1) is 23.4. The van der Waals surface area contributed by atoms with Crippen molar-refractivity contribution in [1.29, 1.82) is 0 Å². The van der Waals surface area contributed by atoms with E-state index in [2.05, 4.69) is 27.1 Å². The van der Waals surface area contributed by atoms with Crippen molar-refractivity contribution >= 4 is 23.1 Å². The van der Waals surface area contributed by atoms with Crippen LogP contribution < -0.4 is 5.32 Å². The number of rotatable bonds is 5. The lowest BCUT2D eigenvalue weighted by Crippen LogP contribution is -2.40. The smallest absolute Gasteiger partial charge is 0.475 e. The van der Waals surface area contributed by atoms with Gasteiger partial charge in [-0.1, -0.05) is 0 Å². The molecule has 0 amide bonds. The van der Waals surface area contributed by atoms with Crippen LogP contribution in [0.3, 0.4) is 0 Å². The molecule has 1 unspecified atom stereocenters. The van der Waals surface area contributed by atoms with Gasteiger partial charge < -0.3 is 15.2 Å². The zero-order valence-electron chi connectivity index (χ0n) is 16.9. The molecule has 8 nitrogen and oxygen atoms in total. The third kappa shape index (κ3) is 6.58. The first-order chi connectivity index (χ1) is 14.7. The van der Waals surface area contributed by atoms with Crippen molar-refractivity contribution in [3.8, 4) is 0 Å². The molecule has 2 fully saturated rings. The van der Waals surface area contributed by atoms with Crippen LogP contribution in [0.1, 0.15) is 41.7 Å². The van der Waals surface area contributed by atoms with Gasteiger partial charge in [0.2, 0.25) is 0 Å². The van der Waals surface area contributed by atoms with Crippen molar-refractivity contribution < 1.29 is 27.8 Å². The number of thiazole rings is 1. The number of aryl methyl sites for hydroxylation is 1. The number of carboxylic acids is 1. The number of aromatic nitrogens is 3. The Balaban J connectivity index is 0.000000339. The maximum Gasteiger partial charge on any atom is 0.490 e. The average Bonchev–Trinajstić information content (AvgIpc) is 3.10. The highest BCUT2D eigenvalue weighted by Crippen LogP contribution is 2.27. The van der Waals surface area contributed by atoms with Gasteiger partial charge in [0, 0.05) is 30.2 Å². The molecular weight excluding hydrogens is 435 g/mol. The molecule has 0 bridgehead atoms. The maximum absolute atomic E-state index is 10.6. The molecule has 1 aliphatic heterocycles. The molecule has 2 aromatic rings. The quantitative estimate of drug-likeness (QED) is 0.702. The summed E-state index contributed by atoms with van der Waals surface area (Å²) in [6, 6.07) is 2.64. The van der Waals surface area contributed by atoms with Gasteiger partial charge in [0.05, 0.1) is 30.5 Å². The third-order valence-electron chi connectivity index (χ3n) is 5.10. The average molecular weight is 459 g/mol. The molecule has 1 saturated carbocycles. The predicted octanol–water partition coefficient (Wildman–Crippen LogP) is 3.41. The van der Waals surface area contributed by atoms with Crippen LogP contribution >= 0.6 is 11.3 Å². The highest BCUT2D eigenvalue weighted by Gasteiger charge is 2.38. The highest BCUT2D eigenvalue weighted by atomic mass is 32.1. The number of anilines is 1. The third-order valence-corrected chi connectivity index (χ3v) is 6.02. The monoisotopic (exact) mass is 459 g/mol. The lowest BCUT2D eigenvalue weighted by Gasteiger charge is -2.34. The van der Waals surface area contributed by atoms with E-state index in [1.54, 1.807) is 11.3 Å². The van der Waals surface area contributed by atoms with Gasteiger partial charge in [-0.25, -0.2) is 19.7 Å². The Kier molecular flexibility index (Phi) is 7.79.